The van der Waals surface area contributed by atoms with Crippen LogP contribution in [0.2, 0.25) is 0 Å². The van der Waals surface area contributed by atoms with E-state index in [4.69, 9.17) is 0 Å². The molecule has 0 saturated heterocycles. The topological polar surface area (TPSA) is 34.1 Å². The summed E-state index contributed by atoms with van der Waals surface area (Å²) in [5.74, 6) is 0.178. The van der Waals surface area contributed by atoms with Crippen molar-refractivity contribution in [3.05, 3.63) is 42.5 Å². The molecule has 1 unspecified atom stereocenters. The third-order valence-corrected chi connectivity index (χ3v) is 5.60. The Morgan fingerprint density at radius 2 is 1.93 bits per heavy atom. The molecular weight excluding hydrogens is 216 g/mol. The number of rotatable bonds is 2. The summed E-state index contributed by atoms with van der Waals surface area (Å²) in [4.78, 5) is 0.993. The van der Waals surface area contributed by atoms with Gasteiger partial charge < -0.3 is 0 Å². The summed E-state index contributed by atoms with van der Waals surface area (Å²) in [7, 11) is -2.93. The van der Waals surface area contributed by atoms with Gasteiger partial charge in [-0.3, -0.25) is 0 Å². The number of benzene rings is 1. The van der Waals surface area contributed by atoms with Gasteiger partial charge in [-0.1, -0.05) is 30.4 Å². The fourth-order valence-electron chi connectivity index (χ4n) is 1.26. The lowest BCUT2D eigenvalue weighted by Crippen LogP contribution is -2.11. The summed E-state index contributed by atoms with van der Waals surface area (Å²) in [6, 6.07) is 9.59. The lowest BCUT2D eigenvalue weighted by atomic mass is 10.4. The summed E-state index contributed by atoms with van der Waals surface area (Å²) in [6.45, 7) is 0. The van der Waals surface area contributed by atoms with Crippen molar-refractivity contribution < 1.29 is 8.42 Å². The highest BCUT2D eigenvalue weighted by molar-refractivity contribution is 8.14. The molecule has 1 aromatic carbocycles. The van der Waals surface area contributed by atoms with E-state index in [1.165, 1.54) is 11.8 Å². The van der Waals surface area contributed by atoms with Gasteiger partial charge in [-0.05, 0) is 12.1 Å². The molecule has 1 atom stereocenters. The molecule has 0 aromatic heterocycles. The molecule has 2 rings (SSSR count). The van der Waals surface area contributed by atoms with E-state index in [1.807, 2.05) is 30.3 Å². The zero-order chi connectivity index (χ0) is 10.0. The Bertz CT molecular complexity index is 434. The van der Waals surface area contributed by atoms with Crippen molar-refractivity contribution in [2.45, 2.75) is 9.48 Å². The monoisotopic (exact) mass is 226 g/mol. The van der Waals surface area contributed by atoms with E-state index < -0.39 is 14.4 Å². The van der Waals surface area contributed by atoms with Crippen molar-refractivity contribution in [3.63, 3.8) is 0 Å². The number of hydrogen-bond donors (Lipinski definition) is 0. The van der Waals surface area contributed by atoms with Crippen molar-refractivity contribution >= 4 is 21.6 Å². The second-order valence-corrected chi connectivity index (χ2v) is 6.74. The Morgan fingerprint density at radius 1 is 1.21 bits per heavy atom. The van der Waals surface area contributed by atoms with Gasteiger partial charge in [0.25, 0.3) is 0 Å². The van der Waals surface area contributed by atoms with E-state index in [9.17, 15) is 8.42 Å². The lowest BCUT2D eigenvalue weighted by molar-refractivity contribution is 0.601. The first-order valence-corrected chi connectivity index (χ1v) is 6.88. The molecule has 1 heterocycles. The van der Waals surface area contributed by atoms with Gasteiger partial charge in [0.15, 0.2) is 9.84 Å². The van der Waals surface area contributed by atoms with Crippen LogP contribution in [-0.4, -0.2) is 18.8 Å². The summed E-state index contributed by atoms with van der Waals surface area (Å²) >= 11 is 1.38. The van der Waals surface area contributed by atoms with Crippen LogP contribution in [0.25, 0.3) is 0 Å². The smallest absolute Gasteiger partial charge is 0.169 e. The molecule has 0 N–H and O–H groups in total. The molecule has 0 radical (unpaired) electrons. The quantitative estimate of drug-likeness (QED) is 0.724. The third kappa shape index (κ3) is 2.01. The van der Waals surface area contributed by atoms with E-state index >= 15 is 0 Å². The molecule has 1 aliphatic heterocycles. The van der Waals surface area contributed by atoms with Crippen LogP contribution in [0, 0.1) is 0 Å². The number of thioether (sulfide) groups is 1. The molecule has 0 spiro atoms. The average Bonchev–Trinajstić information content (AvgIpc) is 2.48. The van der Waals surface area contributed by atoms with Crippen molar-refractivity contribution in [1.29, 1.82) is 0 Å². The van der Waals surface area contributed by atoms with E-state index in [-0.39, 0.29) is 5.75 Å². The summed E-state index contributed by atoms with van der Waals surface area (Å²) < 4.78 is 22.6. The molecule has 14 heavy (non-hydrogen) atoms. The number of hydrogen-bond acceptors (Lipinski definition) is 3. The predicted molar refractivity (Wildman–Crippen MR) is 59.0 cm³/mol. The highest BCUT2D eigenvalue weighted by Gasteiger charge is 2.27. The fourth-order valence-corrected chi connectivity index (χ4v) is 4.11. The predicted octanol–water partition coefficient (Wildman–Crippen LogP) is 2.09. The molecule has 1 aliphatic rings. The summed E-state index contributed by atoms with van der Waals surface area (Å²) in [5, 5.41) is 0. The van der Waals surface area contributed by atoms with Crippen LogP contribution in [0.5, 0.6) is 0 Å². The Balaban J connectivity index is 2.17. The largest absolute Gasteiger partial charge is 0.227 e. The maximum atomic E-state index is 11.5. The molecule has 0 aliphatic carbocycles. The average molecular weight is 226 g/mol. The molecule has 0 amide bonds. The zero-order valence-electron chi connectivity index (χ0n) is 7.46. The molecule has 0 saturated carbocycles. The second kappa shape index (κ2) is 3.79. The van der Waals surface area contributed by atoms with Gasteiger partial charge in [0.1, 0.15) is 4.58 Å². The normalized spacial score (nSPS) is 23.9. The molecule has 4 heteroatoms. The van der Waals surface area contributed by atoms with Gasteiger partial charge in [0.2, 0.25) is 0 Å². The van der Waals surface area contributed by atoms with Gasteiger partial charge in [-0.2, -0.15) is 0 Å². The molecule has 0 fully saturated rings. The van der Waals surface area contributed by atoms with Crippen molar-refractivity contribution in [2.24, 2.45) is 0 Å². The maximum Gasteiger partial charge on any atom is 0.169 e. The van der Waals surface area contributed by atoms with Crippen LogP contribution >= 0.6 is 11.8 Å². The molecular formula is C10H10O2S2. The Labute approximate surface area is 87.9 Å². The minimum atomic E-state index is -2.93. The van der Waals surface area contributed by atoms with Gasteiger partial charge >= 0.3 is 0 Å². The minimum absolute atomic E-state index is 0.178. The Kier molecular flexibility index (Phi) is 2.65. The summed E-state index contributed by atoms with van der Waals surface area (Å²) in [5.41, 5.74) is 0. The van der Waals surface area contributed by atoms with Gasteiger partial charge in [-0.25, -0.2) is 8.42 Å². The van der Waals surface area contributed by atoms with Gasteiger partial charge in [0.05, 0.1) is 5.75 Å². The minimum Gasteiger partial charge on any atom is -0.227 e. The van der Waals surface area contributed by atoms with Crippen LogP contribution < -0.4 is 0 Å². The fraction of sp³-hybridized carbons (Fsp3) is 0.200. The van der Waals surface area contributed by atoms with Crippen LogP contribution in [0.15, 0.2) is 47.4 Å². The molecule has 74 valence electrons. The Hall–Kier alpha value is -0.740. The van der Waals surface area contributed by atoms with Crippen LogP contribution in [-0.2, 0) is 9.84 Å². The van der Waals surface area contributed by atoms with Crippen LogP contribution in [0.3, 0.4) is 0 Å². The highest BCUT2D eigenvalue weighted by atomic mass is 32.3. The highest BCUT2D eigenvalue weighted by Crippen LogP contribution is 2.30. The zero-order valence-corrected chi connectivity index (χ0v) is 9.09. The van der Waals surface area contributed by atoms with E-state index in [0.29, 0.717) is 0 Å². The van der Waals surface area contributed by atoms with Gasteiger partial charge in [0, 0.05) is 4.90 Å². The van der Waals surface area contributed by atoms with Crippen LogP contribution in [0.1, 0.15) is 0 Å². The maximum absolute atomic E-state index is 11.5. The second-order valence-electron chi connectivity index (χ2n) is 3.06. The van der Waals surface area contributed by atoms with Crippen molar-refractivity contribution in [3.8, 4) is 0 Å². The van der Waals surface area contributed by atoms with Gasteiger partial charge in [-0.15, -0.1) is 11.8 Å². The van der Waals surface area contributed by atoms with E-state index in [2.05, 4.69) is 0 Å². The first-order valence-electron chi connectivity index (χ1n) is 4.28. The van der Waals surface area contributed by atoms with Crippen molar-refractivity contribution in [1.82, 2.24) is 0 Å². The number of sulfone groups is 1. The van der Waals surface area contributed by atoms with E-state index in [1.54, 1.807) is 12.2 Å². The van der Waals surface area contributed by atoms with Crippen LogP contribution in [0.4, 0.5) is 0 Å². The van der Waals surface area contributed by atoms with E-state index in [0.717, 1.165) is 4.90 Å². The summed E-state index contributed by atoms with van der Waals surface area (Å²) in [6.07, 6.45) is 3.48. The molecule has 0 bridgehead atoms. The molecule has 1 aromatic rings. The third-order valence-electron chi connectivity index (χ3n) is 1.97. The SMILES string of the molecule is O=S1(=O)CC=CC1Sc1ccccc1. The standard InChI is InChI=1S/C10H10O2S2/c11-14(12)8-4-7-10(14)13-9-5-2-1-3-6-9/h1-7,10H,8H2. The lowest BCUT2D eigenvalue weighted by Gasteiger charge is -2.07. The van der Waals surface area contributed by atoms with Crippen molar-refractivity contribution in [2.75, 3.05) is 5.75 Å². The first kappa shape index (κ1) is 9.80. The molecule has 2 nitrogen and oxygen atoms in total. The first-order chi connectivity index (χ1) is 6.68. The Morgan fingerprint density at radius 3 is 2.50 bits per heavy atom.